The fourth-order valence-corrected chi connectivity index (χ4v) is 1.78. The summed E-state index contributed by atoms with van der Waals surface area (Å²) < 4.78 is 36.5. The van der Waals surface area contributed by atoms with E-state index < -0.39 is 35.4 Å². The van der Waals surface area contributed by atoms with E-state index in [4.69, 9.17) is 15.3 Å². The van der Waals surface area contributed by atoms with Crippen molar-refractivity contribution in [3.8, 4) is 0 Å². The zero-order valence-electron chi connectivity index (χ0n) is 15.7. The summed E-state index contributed by atoms with van der Waals surface area (Å²) >= 11 is 0. The predicted molar refractivity (Wildman–Crippen MR) is 100 cm³/mol. The van der Waals surface area contributed by atoms with E-state index in [9.17, 15) is 27.6 Å². The Kier molecular flexibility index (Phi) is 12.7. The van der Waals surface area contributed by atoms with Gasteiger partial charge in [0.15, 0.2) is 0 Å². The third kappa shape index (κ3) is 11.1. The van der Waals surface area contributed by atoms with Gasteiger partial charge in [-0.3, -0.25) is 0 Å². The average Bonchev–Trinajstić information content (AvgIpc) is 2.70. The molecule has 3 aromatic carbocycles. The molecule has 3 aromatic rings. The molecule has 0 fully saturated rings. The minimum absolute atomic E-state index is 0. The van der Waals surface area contributed by atoms with E-state index in [1.807, 2.05) is 0 Å². The van der Waals surface area contributed by atoms with Crippen LogP contribution in [0.3, 0.4) is 0 Å². The van der Waals surface area contributed by atoms with Crippen LogP contribution in [0.2, 0.25) is 0 Å². The maximum atomic E-state index is 12.2. The molecule has 3 N–H and O–H groups in total. The molecule has 0 atom stereocenters. The van der Waals surface area contributed by atoms with Gasteiger partial charge in [0, 0.05) is 32.7 Å². The third-order valence-corrected chi connectivity index (χ3v) is 3.27. The van der Waals surface area contributed by atoms with Gasteiger partial charge < -0.3 is 15.3 Å². The van der Waals surface area contributed by atoms with Crippen molar-refractivity contribution in [2.24, 2.45) is 0 Å². The van der Waals surface area contributed by atoms with Gasteiger partial charge in [-0.25, -0.2) is 27.6 Å². The van der Waals surface area contributed by atoms with E-state index in [1.165, 1.54) is 36.4 Å². The predicted octanol–water partition coefficient (Wildman–Crippen LogP) is 4.57. The van der Waals surface area contributed by atoms with Gasteiger partial charge in [-0.15, -0.1) is 0 Å². The van der Waals surface area contributed by atoms with E-state index in [2.05, 4.69) is 0 Å². The van der Waals surface area contributed by atoms with E-state index in [-0.39, 0.29) is 49.4 Å². The molecule has 0 unspecified atom stereocenters. The Labute approximate surface area is 199 Å². The van der Waals surface area contributed by atoms with Crippen molar-refractivity contribution < 1.29 is 75.6 Å². The SMILES string of the molecule is O=C(O)c1ccc(F)cc1.O=C(O)c1ccc(F)cc1.O=C(O)c1ccc(F)cc1.[Y]. The van der Waals surface area contributed by atoms with Gasteiger partial charge in [0.25, 0.3) is 0 Å². The number of carboxylic acid groups (broad SMARTS) is 3. The van der Waals surface area contributed by atoms with Crippen LogP contribution in [0.5, 0.6) is 0 Å². The molecule has 0 heterocycles. The molecule has 10 heteroatoms. The third-order valence-electron chi connectivity index (χ3n) is 3.27. The topological polar surface area (TPSA) is 112 Å². The molecule has 0 saturated heterocycles. The minimum atomic E-state index is -1.04. The first-order valence-electron chi connectivity index (χ1n) is 8.06. The molecular formula is C21H15F3O6Y. The summed E-state index contributed by atoms with van der Waals surface area (Å²) in [6.07, 6.45) is 0. The van der Waals surface area contributed by atoms with E-state index in [1.54, 1.807) is 0 Å². The standard InChI is InChI=1S/3C7H5FO2.Y/c3*8-6-3-1-5(2-4-6)7(9)10;/h3*1-4H,(H,9,10);. The van der Waals surface area contributed by atoms with Crippen LogP contribution in [0, 0.1) is 17.5 Å². The summed E-state index contributed by atoms with van der Waals surface area (Å²) in [6.45, 7) is 0. The summed E-state index contributed by atoms with van der Waals surface area (Å²) in [4.78, 5) is 30.6. The Balaban J connectivity index is 0.000000429. The summed E-state index contributed by atoms with van der Waals surface area (Å²) in [6, 6.07) is 14.0. The number of hydrogen-bond donors (Lipinski definition) is 3. The normalized spacial score (nSPS) is 9.00. The fourth-order valence-electron chi connectivity index (χ4n) is 1.78. The summed E-state index contributed by atoms with van der Waals surface area (Å²) in [5.74, 6) is -4.40. The van der Waals surface area contributed by atoms with Crippen LogP contribution in [-0.4, -0.2) is 33.2 Å². The van der Waals surface area contributed by atoms with E-state index in [0.717, 1.165) is 36.4 Å². The fraction of sp³-hybridized carbons (Fsp3) is 0. The van der Waals surface area contributed by atoms with Crippen molar-refractivity contribution in [1.82, 2.24) is 0 Å². The minimum Gasteiger partial charge on any atom is -0.478 e. The van der Waals surface area contributed by atoms with Crippen LogP contribution in [-0.2, 0) is 32.7 Å². The second kappa shape index (κ2) is 14.1. The largest absolute Gasteiger partial charge is 0.478 e. The molecule has 31 heavy (non-hydrogen) atoms. The van der Waals surface area contributed by atoms with Gasteiger partial charge in [0.1, 0.15) is 17.5 Å². The molecule has 0 amide bonds. The number of carboxylic acids is 3. The van der Waals surface area contributed by atoms with Crippen molar-refractivity contribution in [2.45, 2.75) is 0 Å². The Bertz CT molecular complexity index is 859. The van der Waals surface area contributed by atoms with Crippen molar-refractivity contribution in [3.63, 3.8) is 0 Å². The van der Waals surface area contributed by atoms with Crippen LogP contribution in [0.4, 0.5) is 13.2 Å². The molecule has 0 aliphatic rings. The monoisotopic (exact) mass is 509 g/mol. The molecule has 3 rings (SSSR count). The van der Waals surface area contributed by atoms with Gasteiger partial charge >= 0.3 is 17.9 Å². The number of halogens is 3. The molecule has 0 saturated carbocycles. The number of rotatable bonds is 3. The second-order valence-corrected chi connectivity index (χ2v) is 5.44. The van der Waals surface area contributed by atoms with Crippen LogP contribution in [0.1, 0.15) is 31.1 Å². The second-order valence-electron chi connectivity index (χ2n) is 5.44. The number of aromatic carboxylic acids is 3. The van der Waals surface area contributed by atoms with Crippen LogP contribution in [0.15, 0.2) is 72.8 Å². The zero-order chi connectivity index (χ0) is 22.7. The average molecular weight is 509 g/mol. The van der Waals surface area contributed by atoms with Crippen molar-refractivity contribution in [3.05, 3.63) is 107 Å². The maximum absolute atomic E-state index is 12.2. The van der Waals surface area contributed by atoms with Crippen molar-refractivity contribution in [2.75, 3.05) is 0 Å². The summed E-state index contributed by atoms with van der Waals surface area (Å²) in [5, 5.41) is 25.1. The van der Waals surface area contributed by atoms with Gasteiger partial charge in [-0.1, -0.05) is 0 Å². The molecule has 6 nitrogen and oxygen atoms in total. The molecule has 0 aromatic heterocycles. The van der Waals surface area contributed by atoms with Gasteiger partial charge in [0.05, 0.1) is 16.7 Å². The van der Waals surface area contributed by atoms with Crippen LogP contribution in [0.25, 0.3) is 0 Å². The summed E-state index contributed by atoms with van der Waals surface area (Å²) in [7, 11) is 0. The maximum Gasteiger partial charge on any atom is 0.335 e. The molecule has 159 valence electrons. The molecule has 0 aliphatic heterocycles. The zero-order valence-corrected chi connectivity index (χ0v) is 18.5. The van der Waals surface area contributed by atoms with Crippen LogP contribution < -0.4 is 0 Å². The Morgan fingerprint density at radius 2 is 0.613 bits per heavy atom. The van der Waals surface area contributed by atoms with Gasteiger partial charge in [-0.05, 0) is 72.8 Å². The number of carbonyl (C=O) groups is 3. The molecular weight excluding hydrogens is 494 g/mol. The molecule has 0 spiro atoms. The van der Waals surface area contributed by atoms with Gasteiger partial charge in [-0.2, -0.15) is 0 Å². The van der Waals surface area contributed by atoms with E-state index >= 15 is 0 Å². The van der Waals surface area contributed by atoms with Crippen molar-refractivity contribution >= 4 is 17.9 Å². The first kappa shape index (κ1) is 28.0. The molecule has 0 aliphatic carbocycles. The van der Waals surface area contributed by atoms with Crippen molar-refractivity contribution in [1.29, 1.82) is 0 Å². The quantitative estimate of drug-likeness (QED) is 0.477. The summed E-state index contributed by atoms with van der Waals surface area (Å²) in [5.41, 5.74) is 0.296. The Hall–Kier alpha value is -3.04. The first-order chi connectivity index (χ1) is 14.1. The molecule has 1 radical (unpaired) electrons. The van der Waals surface area contributed by atoms with E-state index in [0.29, 0.717) is 0 Å². The number of hydrogen-bond acceptors (Lipinski definition) is 3. The smallest absolute Gasteiger partial charge is 0.335 e. The number of benzene rings is 3. The van der Waals surface area contributed by atoms with Crippen LogP contribution >= 0.6 is 0 Å². The first-order valence-corrected chi connectivity index (χ1v) is 8.06. The Morgan fingerprint density at radius 3 is 0.742 bits per heavy atom. The molecule has 0 bridgehead atoms. The Morgan fingerprint density at radius 1 is 0.452 bits per heavy atom. The van der Waals surface area contributed by atoms with Gasteiger partial charge in [0.2, 0.25) is 0 Å².